The van der Waals surface area contributed by atoms with Crippen LogP contribution in [0.3, 0.4) is 0 Å². The number of amides is 1. The number of carbonyl (C=O) groups is 1. The summed E-state index contributed by atoms with van der Waals surface area (Å²) in [4.78, 5) is 19.3. The SMILES string of the molecule is CCC(C)N(C)C(CCN1OCCC1=O)c1ccc(F)cc1. The molecule has 0 bridgehead atoms. The van der Waals surface area contributed by atoms with Gasteiger partial charge in [-0.05, 0) is 44.5 Å². The van der Waals surface area contributed by atoms with Crippen LogP contribution in [0.2, 0.25) is 0 Å². The Balaban J connectivity index is 2.10. The van der Waals surface area contributed by atoms with E-state index in [-0.39, 0.29) is 17.8 Å². The maximum Gasteiger partial charge on any atom is 0.248 e. The second-order valence-electron chi connectivity index (χ2n) is 5.86. The first-order valence-corrected chi connectivity index (χ1v) is 7.93. The van der Waals surface area contributed by atoms with Gasteiger partial charge in [-0.2, -0.15) is 0 Å². The van der Waals surface area contributed by atoms with Crippen LogP contribution < -0.4 is 0 Å². The lowest BCUT2D eigenvalue weighted by atomic mass is 10.00. The van der Waals surface area contributed by atoms with Gasteiger partial charge in [0.1, 0.15) is 5.82 Å². The minimum Gasteiger partial charge on any atom is -0.297 e. The highest BCUT2D eigenvalue weighted by Gasteiger charge is 2.26. The molecule has 5 heteroatoms. The van der Waals surface area contributed by atoms with Crippen molar-refractivity contribution < 1.29 is 14.0 Å². The van der Waals surface area contributed by atoms with Crippen LogP contribution >= 0.6 is 0 Å². The van der Waals surface area contributed by atoms with Crippen LogP contribution in [0.5, 0.6) is 0 Å². The summed E-state index contributed by atoms with van der Waals surface area (Å²) in [5.74, 6) is -0.184. The minimum atomic E-state index is -0.230. The summed E-state index contributed by atoms with van der Waals surface area (Å²) in [6.07, 6.45) is 2.26. The number of hydrogen-bond acceptors (Lipinski definition) is 3. The Bertz CT molecular complexity index is 492. The van der Waals surface area contributed by atoms with Crippen LogP contribution in [0.25, 0.3) is 0 Å². The van der Waals surface area contributed by atoms with E-state index in [1.165, 1.54) is 17.2 Å². The van der Waals surface area contributed by atoms with Gasteiger partial charge < -0.3 is 0 Å². The van der Waals surface area contributed by atoms with Crippen molar-refractivity contribution in [1.82, 2.24) is 9.96 Å². The Morgan fingerprint density at radius 2 is 2.05 bits per heavy atom. The lowest BCUT2D eigenvalue weighted by molar-refractivity contribution is -0.162. The molecule has 22 heavy (non-hydrogen) atoms. The predicted molar refractivity (Wildman–Crippen MR) is 83.6 cm³/mol. The van der Waals surface area contributed by atoms with Crippen LogP contribution in [0.1, 0.15) is 44.7 Å². The highest BCUT2D eigenvalue weighted by Crippen LogP contribution is 2.27. The molecule has 0 spiro atoms. The first kappa shape index (κ1) is 16.9. The highest BCUT2D eigenvalue weighted by molar-refractivity contribution is 5.76. The Morgan fingerprint density at radius 3 is 2.59 bits per heavy atom. The molecule has 1 aromatic carbocycles. The second kappa shape index (κ2) is 7.70. The second-order valence-corrected chi connectivity index (χ2v) is 5.86. The number of nitrogens with zero attached hydrogens (tertiary/aromatic N) is 2. The maximum atomic E-state index is 13.2. The molecule has 4 nitrogen and oxygen atoms in total. The van der Waals surface area contributed by atoms with Crippen LogP contribution in [-0.4, -0.2) is 42.1 Å². The van der Waals surface area contributed by atoms with E-state index in [4.69, 9.17) is 4.84 Å². The third kappa shape index (κ3) is 4.05. The number of hydrogen-bond donors (Lipinski definition) is 0. The average molecular weight is 308 g/mol. The summed E-state index contributed by atoms with van der Waals surface area (Å²) in [7, 11) is 2.08. The topological polar surface area (TPSA) is 32.8 Å². The van der Waals surface area contributed by atoms with Crippen LogP contribution in [-0.2, 0) is 9.63 Å². The first-order valence-electron chi connectivity index (χ1n) is 7.93. The molecule has 1 heterocycles. The third-order valence-electron chi connectivity index (χ3n) is 4.48. The standard InChI is InChI=1S/C17H25FN2O2/c1-4-13(2)19(3)16(14-5-7-15(18)8-6-14)9-11-20-17(21)10-12-22-20/h5-8,13,16H,4,9-12H2,1-3H3. The van der Waals surface area contributed by atoms with Gasteiger partial charge in [0, 0.05) is 12.1 Å². The van der Waals surface area contributed by atoms with Crippen molar-refractivity contribution in [3.8, 4) is 0 Å². The number of carbonyl (C=O) groups excluding carboxylic acids is 1. The lowest BCUT2D eigenvalue weighted by Gasteiger charge is -2.34. The largest absolute Gasteiger partial charge is 0.297 e. The molecule has 2 rings (SSSR count). The van der Waals surface area contributed by atoms with E-state index in [0.29, 0.717) is 25.6 Å². The van der Waals surface area contributed by atoms with Gasteiger partial charge in [-0.3, -0.25) is 14.5 Å². The van der Waals surface area contributed by atoms with Crippen LogP contribution in [0, 0.1) is 5.82 Å². The zero-order valence-electron chi connectivity index (χ0n) is 13.6. The van der Waals surface area contributed by atoms with Crippen LogP contribution in [0.15, 0.2) is 24.3 Å². The summed E-state index contributed by atoms with van der Waals surface area (Å²) in [6.45, 7) is 5.35. The Kier molecular flexibility index (Phi) is 5.91. The van der Waals surface area contributed by atoms with Crippen molar-refractivity contribution in [1.29, 1.82) is 0 Å². The zero-order chi connectivity index (χ0) is 16.1. The molecule has 0 saturated carbocycles. The molecule has 0 N–H and O–H groups in total. The molecule has 0 radical (unpaired) electrons. The van der Waals surface area contributed by atoms with E-state index in [9.17, 15) is 9.18 Å². The zero-order valence-corrected chi connectivity index (χ0v) is 13.6. The summed E-state index contributed by atoms with van der Waals surface area (Å²) < 4.78 is 13.2. The summed E-state index contributed by atoms with van der Waals surface area (Å²) in [5, 5.41) is 1.46. The number of hydroxylamine groups is 2. The van der Waals surface area contributed by atoms with Crippen LogP contribution in [0.4, 0.5) is 4.39 Å². The van der Waals surface area contributed by atoms with E-state index in [0.717, 1.165) is 18.4 Å². The summed E-state index contributed by atoms with van der Waals surface area (Å²) in [6, 6.07) is 7.17. The fourth-order valence-electron chi connectivity index (χ4n) is 2.75. The molecular formula is C17H25FN2O2. The van der Waals surface area contributed by atoms with E-state index >= 15 is 0 Å². The average Bonchev–Trinajstić information content (AvgIpc) is 2.93. The van der Waals surface area contributed by atoms with E-state index < -0.39 is 0 Å². The van der Waals surface area contributed by atoms with Gasteiger partial charge in [0.25, 0.3) is 0 Å². The van der Waals surface area contributed by atoms with E-state index in [1.807, 2.05) is 12.1 Å². The molecule has 0 aromatic heterocycles. The quantitative estimate of drug-likeness (QED) is 0.776. The molecule has 122 valence electrons. The fourth-order valence-corrected chi connectivity index (χ4v) is 2.75. The van der Waals surface area contributed by atoms with Crippen molar-refractivity contribution in [3.63, 3.8) is 0 Å². The van der Waals surface area contributed by atoms with E-state index in [2.05, 4.69) is 25.8 Å². The maximum absolute atomic E-state index is 13.2. The van der Waals surface area contributed by atoms with Gasteiger partial charge in [-0.15, -0.1) is 0 Å². The molecule has 1 aliphatic rings. The molecule has 2 atom stereocenters. The van der Waals surface area contributed by atoms with Gasteiger partial charge in [0.15, 0.2) is 0 Å². The number of halogens is 1. The molecule has 1 amide bonds. The van der Waals surface area contributed by atoms with Crippen molar-refractivity contribution >= 4 is 5.91 Å². The molecular weight excluding hydrogens is 283 g/mol. The molecule has 1 aliphatic heterocycles. The summed E-state index contributed by atoms with van der Waals surface area (Å²) >= 11 is 0. The molecule has 1 saturated heterocycles. The van der Waals surface area contributed by atoms with Crippen molar-refractivity contribution in [2.75, 3.05) is 20.2 Å². The van der Waals surface area contributed by atoms with Crippen molar-refractivity contribution in [2.24, 2.45) is 0 Å². The molecule has 0 aliphatic carbocycles. The van der Waals surface area contributed by atoms with E-state index in [1.54, 1.807) is 0 Å². The van der Waals surface area contributed by atoms with Gasteiger partial charge in [0.05, 0.1) is 19.6 Å². The van der Waals surface area contributed by atoms with Crippen molar-refractivity contribution in [2.45, 2.75) is 45.2 Å². The van der Waals surface area contributed by atoms with Gasteiger partial charge >= 0.3 is 0 Å². The Labute approximate surface area is 131 Å². The Hall–Kier alpha value is -1.46. The fraction of sp³-hybridized carbons (Fsp3) is 0.588. The number of benzene rings is 1. The van der Waals surface area contributed by atoms with Gasteiger partial charge in [-0.25, -0.2) is 9.45 Å². The number of rotatable bonds is 7. The highest BCUT2D eigenvalue weighted by atomic mass is 19.1. The monoisotopic (exact) mass is 308 g/mol. The normalized spacial score (nSPS) is 18.0. The van der Waals surface area contributed by atoms with Crippen molar-refractivity contribution in [3.05, 3.63) is 35.6 Å². The lowest BCUT2D eigenvalue weighted by Crippen LogP contribution is -2.35. The molecule has 1 fully saturated rings. The molecule has 1 aromatic rings. The minimum absolute atomic E-state index is 0.0454. The first-order chi connectivity index (χ1) is 10.5. The molecule has 2 unspecified atom stereocenters. The summed E-state index contributed by atoms with van der Waals surface area (Å²) in [5.41, 5.74) is 1.07. The third-order valence-corrected chi connectivity index (χ3v) is 4.48. The van der Waals surface area contributed by atoms with Gasteiger partial charge in [0.2, 0.25) is 5.91 Å². The van der Waals surface area contributed by atoms with Gasteiger partial charge in [-0.1, -0.05) is 19.1 Å². The Morgan fingerprint density at radius 1 is 1.36 bits per heavy atom. The predicted octanol–water partition coefficient (Wildman–Crippen LogP) is 3.15. The smallest absolute Gasteiger partial charge is 0.248 e.